The zero-order valence-electron chi connectivity index (χ0n) is 19.4. The quantitative estimate of drug-likeness (QED) is 0.458. The van der Waals surface area contributed by atoms with Crippen molar-refractivity contribution in [3.63, 3.8) is 0 Å². The second-order valence-electron chi connectivity index (χ2n) is 8.51. The number of fused-ring (bicyclic) bond motifs is 1. The molecular weight excluding hydrogens is 416 g/mol. The number of anilines is 1. The van der Waals surface area contributed by atoms with Crippen molar-refractivity contribution >= 4 is 16.7 Å². The van der Waals surface area contributed by atoms with Crippen molar-refractivity contribution in [3.05, 3.63) is 53.5 Å². The van der Waals surface area contributed by atoms with Gasteiger partial charge in [0.2, 0.25) is 0 Å². The fourth-order valence-electron chi connectivity index (χ4n) is 4.63. The van der Waals surface area contributed by atoms with Crippen LogP contribution in [0.3, 0.4) is 0 Å². The smallest absolute Gasteiger partial charge is 0.162 e. The second-order valence-corrected chi connectivity index (χ2v) is 8.51. The van der Waals surface area contributed by atoms with Crippen molar-refractivity contribution in [1.82, 2.24) is 25.4 Å². The monoisotopic (exact) mass is 444 g/mol. The number of ether oxygens (including phenoxy) is 2. The van der Waals surface area contributed by atoms with Gasteiger partial charge in [0.05, 0.1) is 24.5 Å². The molecule has 0 saturated carbocycles. The summed E-state index contributed by atoms with van der Waals surface area (Å²) in [6.45, 7) is 8.12. The third-order valence-corrected chi connectivity index (χ3v) is 6.28. The summed E-state index contributed by atoms with van der Waals surface area (Å²) >= 11 is 0. The standard InChI is InChI=1S/C25H28N6O2/c1-15-13-27-28-16(2)24(15)17(3)33-22-11-19-20(12-21(22)32-4)29-30-25(19)18-7-8-23(26-14-18)31-9-5-6-10-31/h7-8,11-14,17H,5-6,9-10H2,1-4H3,(H,29,30)/t17-/m1/s1. The minimum Gasteiger partial charge on any atom is -0.493 e. The highest BCUT2D eigenvalue weighted by molar-refractivity contribution is 5.95. The predicted octanol–water partition coefficient (Wildman–Crippen LogP) is 4.78. The number of hydrogen-bond acceptors (Lipinski definition) is 7. The van der Waals surface area contributed by atoms with Crippen LogP contribution in [0, 0.1) is 13.8 Å². The number of methoxy groups -OCH3 is 1. The average molecular weight is 445 g/mol. The van der Waals surface area contributed by atoms with E-state index in [4.69, 9.17) is 14.5 Å². The Morgan fingerprint density at radius 2 is 1.88 bits per heavy atom. The molecule has 0 spiro atoms. The van der Waals surface area contributed by atoms with Crippen LogP contribution in [0.2, 0.25) is 0 Å². The van der Waals surface area contributed by atoms with Crippen LogP contribution in [-0.4, -0.2) is 45.6 Å². The fourth-order valence-corrected chi connectivity index (χ4v) is 4.63. The molecule has 1 aliphatic heterocycles. The fraction of sp³-hybridized carbons (Fsp3) is 0.360. The molecule has 0 unspecified atom stereocenters. The lowest BCUT2D eigenvalue weighted by atomic mass is 10.0. The number of aromatic amines is 1. The van der Waals surface area contributed by atoms with Crippen LogP contribution in [-0.2, 0) is 0 Å². The van der Waals surface area contributed by atoms with Gasteiger partial charge in [-0.15, -0.1) is 0 Å². The van der Waals surface area contributed by atoms with E-state index in [0.717, 1.165) is 57.9 Å². The van der Waals surface area contributed by atoms with Crippen LogP contribution in [0.25, 0.3) is 22.2 Å². The molecule has 4 aromatic rings. The van der Waals surface area contributed by atoms with Gasteiger partial charge >= 0.3 is 0 Å². The molecule has 8 nitrogen and oxygen atoms in total. The number of nitrogens with one attached hydrogen (secondary N) is 1. The average Bonchev–Trinajstić information content (AvgIpc) is 3.49. The maximum Gasteiger partial charge on any atom is 0.162 e. The number of hydrogen-bond donors (Lipinski definition) is 1. The lowest BCUT2D eigenvalue weighted by Crippen LogP contribution is -2.18. The van der Waals surface area contributed by atoms with Crippen LogP contribution >= 0.6 is 0 Å². The molecule has 0 aliphatic carbocycles. The van der Waals surface area contributed by atoms with Crippen molar-refractivity contribution in [2.75, 3.05) is 25.1 Å². The van der Waals surface area contributed by atoms with Crippen LogP contribution in [0.15, 0.2) is 36.7 Å². The zero-order chi connectivity index (χ0) is 22.9. The first kappa shape index (κ1) is 21.2. The summed E-state index contributed by atoms with van der Waals surface area (Å²) in [5.74, 6) is 2.31. The molecule has 1 atom stereocenters. The Morgan fingerprint density at radius 1 is 1.06 bits per heavy atom. The maximum absolute atomic E-state index is 6.38. The Labute approximate surface area is 193 Å². The topological polar surface area (TPSA) is 89.0 Å². The van der Waals surface area contributed by atoms with Gasteiger partial charge in [0.1, 0.15) is 17.6 Å². The summed E-state index contributed by atoms with van der Waals surface area (Å²) in [7, 11) is 1.64. The molecule has 33 heavy (non-hydrogen) atoms. The number of rotatable bonds is 6. The molecule has 170 valence electrons. The molecule has 1 aromatic carbocycles. The van der Waals surface area contributed by atoms with Gasteiger partial charge in [-0.2, -0.15) is 15.3 Å². The SMILES string of the molecule is COc1cc2[nH]nc(-c3ccc(N4CCCC4)nc3)c2cc1O[C@H](C)c1c(C)cnnc1C. The van der Waals surface area contributed by atoms with Gasteiger partial charge in [-0.3, -0.25) is 5.10 Å². The molecule has 5 rings (SSSR count). The van der Waals surface area contributed by atoms with E-state index < -0.39 is 0 Å². The molecule has 1 aliphatic rings. The van der Waals surface area contributed by atoms with E-state index in [9.17, 15) is 0 Å². The lowest BCUT2D eigenvalue weighted by molar-refractivity contribution is 0.214. The van der Waals surface area contributed by atoms with Crippen molar-refractivity contribution in [3.8, 4) is 22.8 Å². The number of nitrogens with zero attached hydrogens (tertiary/aromatic N) is 5. The molecule has 3 aromatic heterocycles. The predicted molar refractivity (Wildman–Crippen MR) is 128 cm³/mol. The highest BCUT2D eigenvalue weighted by Gasteiger charge is 2.20. The maximum atomic E-state index is 6.38. The Bertz CT molecular complexity index is 1260. The Hall–Kier alpha value is -3.68. The molecule has 8 heteroatoms. The van der Waals surface area contributed by atoms with E-state index in [-0.39, 0.29) is 6.10 Å². The second kappa shape index (κ2) is 8.69. The van der Waals surface area contributed by atoms with Crippen molar-refractivity contribution in [2.45, 2.75) is 39.7 Å². The van der Waals surface area contributed by atoms with Gasteiger partial charge in [0, 0.05) is 41.9 Å². The van der Waals surface area contributed by atoms with E-state index in [1.54, 1.807) is 13.3 Å². The van der Waals surface area contributed by atoms with E-state index in [1.165, 1.54) is 12.8 Å². The molecule has 1 N–H and O–H groups in total. The molecular formula is C25H28N6O2. The third-order valence-electron chi connectivity index (χ3n) is 6.28. The minimum absolute atomic E-state index is 0.219. The first-order chi connectivity index (χ1) is 16.0. The van der Waals surface area contributed by atoms with Crippen LogP contribution in [0.4, 0.5) is 5.82 Å². The van der Waals surface area contributed by atoms with Gasteiger partial charge in [-0.05, 0) is 57.4 Å². The number of pyridine rings is 1. The number of aryl methyl sites for hydroxylation is 2. The summed E-state index contributed by atoms with van der Waals surface area (Å²) in [5.41, 5.74) is 5.60. The number of H-pyrrole nitrogens is 1. The van der Waals surface area contributed by atoms with E-state index in [1.807, 2.05) is 39.1 Å². The van der Waals surface area contributed by atoms with Gasteiger partial charge in [0.25, 0.3) is 0 Å². The van der Waals surface area contributed by atoms with Crippen molar-refractivity contribution < 1.29 is 9.47 Å². The molecule has 1 saturated heterocycles. The van der Waals surface area contributed by atoms with E-state index in [0.29, 0.717) is 11.5 Å². The summed E-state index contributed by atoms with van der Waals surface area (Å²) in [6, 6.07) is 8.06. The minimum atomic E-state index is -0.219. The first-order valence-corrected chi connectivity index (χ1v) is 11.3. The zero-order valence-corrected chi connectivity index (χ0v) is 19.4. The number of benzene rings is 1. The van der Waals surface area contributed by atoms with E-state index in [2.05, 4.69) is 37.4 Å². The summed E-state index contributed by atoms with van der Waals surface area (Å²) in [4.78, 5) is 7.01. The molecule has 1 fully saturated rings. The number of aromatic nitrogens is 5. The van der Waals surface area contributed by atoms with Crippen LogP contribution in [0.1, 0.15) is 42.7 Å². The highest BCUT2D eigenvalue weighted by atomic mass is 16.5. The molecule has 0 bridgehead atoms. The normalized spacial score (nSPS) is 14.6. The first-order valence-electron chi connectivity index (χ1n) is 11.3. The van der Waals surface area contributed by atoms with Gasteiger partial charge in [0.15, 0.2) is 11.5 Å². The summed E-state index contributed by atoms with van der Waals surface area (Å²) in [5, 5.41) is 16.9. The van der Waals surface area contributed by atoms with Crippen molar-refractivity contribution in [2.24, 2.45) is 0 Å². The molecule has 4 heterocycles. The Kier molecular flexibility index (Phi) is 5.58. The molecule has 0 amide bonds. The van der Waals surface area contributed by atoms with E-state index >= 15 is 0 Å². The van der Waals surface area contributed by atoms with Gasteiger partial charge in [-0.25, -0.2) is 4.98 Å². The highest BCUT2D eigenvalue weighted by Crippen LogP contribution is 2.38. The van der Waals surface area contributed by atoms with Crippen molar-refractivity contribution in [1.29, 1.82) is 0 Å². The summed E-state index contributed by atoms with van der Waals surface area (Å²) < 4.78 is 12.0. The largest absolute Gasteiger partial charge is 0.493 e. The summed E-state index contributed by atoms with van der Waals surface area (Å²) in [6.07, 6.45) is 5.89. The van der Waals surface area contributed by atoms with Crippen LogP contribution < -0.4 is 14.4 Å². The lowest BCUT2D eigenvalue weighted by Gasteiger charge is -2.20. The van der Waals surface area contributed by atoms with Gasteiger partial charge in [-0.1, -0.05) is 0 Å². The molecule has 0 radical (unpaired) electrons. The Morgan fingerprint density at radius 3 is 2.58 bits per heavy atom. The Balaban J connectivity index is 1.49. The van der Waals surface area contributed by atoms with Gasteiger partial charge < -0.3 is 14.4 Å². The van der Waals surface area contributed by atoms with Crippen LogP contribution in [0.5, 0.6) is 11.5 Å². The third kappa shape index (κ3) is 3.97.